The van der Waals surface area contributed by atoms with Gasteiger partial charge >= 0.3 is 6.09 Å². The van der Waals surface area contributed by atoms with Gasteiger partial charge in [0.15, 0.2) is 11.6 Å². The van der Waals surface area contributed by atoms with E-state index in [1.54, 1.807) is 42.5 Å². The maximum Gasteiger partial charge on any atom is 0.416 e. The minimum absolute atomic E-state index is 0.0264. The van der Waals surface area contributed by atoms with Crippen LogP contribution < -0.4 is 14.2 Å². The average molecular weight is 863 g/mol. The van der Waals surface area contributed by atoms with Crippen LogP contribution in [0.3, 0.4) is 0 Å². The van der Waals surface area contributed by atoms with Crippen molar-refractivity contribution in [3.8, 4) is 17.4 Å². The van der Waals surface area contributed by atoms with E-state index in [1.165, 1.54) is 0 Å². The van der Waals surface area contributed by atoms with E-state index >= 15 is 4.79 Å². The summed E-state index contributed by atoms with van der Waals surface area (Å²) >= 11 is 5.92. The summed E-state index contributed by atoms with van der Waals surface area (Å²) in [5, 5.41) is 17.2. The van der Waals surface area contributed by atoms with E-state index in [1.807, 2.05) is 42.2 Å². The number of ether oxygens (including phenoxy) is 4. The van der Waals surface area contributed by atoms with Gasteiger partial charge in [0.25, 0.3) is 5.91 Å². The number of pyridine rings is 1. The molecule has 7 rings (SSSR count). The molecule has 3 heterocycles. The average Bonchev–Trinajstić information content (AvgIpc) is 4.05. The maximum atomic E-state index is 15.2. The first-order valence-electron chi connectivity index (χ1n) is 20.4. The van der Waals surface area contributed by atoms with Crippen molar-refractivity contribution >= 4 is 29.2 Å². The lowest BCUT2D eigenvalue weighted by molar-refractivity contribution is -0.497. The highest BCUT2D eigenvalue weighted by atomic mass is 35.5. The molecule has 16 heteroatoms. The van der Waals surface area contributed by atoms with Crippen molar-refractivity contribution in [2.24, 2.45) is 0 Å². The van der Waals surface area contributed by atoms with Crippen LogP contribution in [0.25, 0.3) is 5.57 Å². The summed E-state index contributed by atoms with van der Waals surface area (Å²) in [4.78, 5) is 42.1. The Kier molecular flexibility index (Phi) is 14.5. The van der Waals surface area contributed by atoms with E-state index in [-0.39, 0.29) is 48.1 Å². The Morgan fingerprint density at radius 2 is 1.69 bits per heavy atom. The molecule has 1 saturated heterocycles. The first-order valence-corrected chi connectivity index (χ1v) is 20.8. The number of aryl methyl sites for hydroxylation is 1. The zero-order chi connectivity index (χ0) is 43.0. The van der Waals surface area contributed by atoms with Crippen LogP contribution in [0.2, 0.25) is 5.02 Å². The first-order chi connectivity index (χ1) is 29.5. The Hall–Kier alpha value is -5.16. The number of amides is 2. The molecule has 2 amide bonds. The second-order valence-corrected chi connectivity index (χ2v) is 15.8. The highest BCUT2D eigenvalue weighted by molar-refractivity contribution is 6.32. The monoisotopic (exact) mass is 862 g/mol. The van der Waals surface area contributed by atoms with E-state index in [9.17, 15) is 13.6 Å². The largest absolute Gasteiger partial charge is 0.489 e. The fourth-order valence-electron chi connectivity index (χ4n) is 8.02. The van der Waals surface area contributed by atoms with E-state index in [0.717, 1.165) is 52.8 Å². The summed E-state index contributed by atoms with van der Waals surface area (Å²) in [5.41, 5.74) is 5.61. The van der Waals surface area contributed by atoms with Crippen LogP contribution in [0.5, 0.6) is 17.4 Å². The van der Waals surface area contributed by atoms with Crippen molar-refractivity contribution in [3.63, 3.8) is 0 Å². The van der Waals surface area contributed by atoms with E-state index in [2.05, 4.69) is 4.98 Å². The van der Waals surface area contributed by atoms with Crippen molar-refractivity contribution in [1.29, 1.82) is 0 Å². The number of nitrogens with zero attached hydrogens (tertiary/aromatic N) is 4. The number of methoxy groups -OCH3 is 1. The predicted octanol–water partition coefficient (Wildman–Crippen LogP) is 8.64. The molecule has 2 atom stereocenters. The van der Waals surface area contributed by atoms with Crippen molar-refractivity contribution < 1.29 is 52.6 Å². The Morgan fingerprint density at radius 3 is 2.44 bits per heavy atom. The van der Waals surface area contributed by atoms with Crippen LogP contribution in [0.4, 0.5) is 13.6 Å². The smallest absolute Gasteiger partial charge is 0.416 e. The number of carbonyl (C=O) groups is 2. The van der Waals surface area contributed by atoms with E-state index in [4.69, 9.17) is 45.8 Å². The number of fused-ring (bicyclic) bond motifs is 2. The first kappa shape index (κ1) is 43.9. The number of hydrogen-bond donors (Lipinski definition) is 2. The highest BCUT2D eigenvalue weighted by Crippen LogP contribution is 2.45. The van der Waals surface area contributed by atoms with Crippen molar-refractivity contribution in [1.82, 2.24) is 20.2 Å². The summed E-state index contributed by atoms with van der Waals surface area (Å²) in [7, 11) is 1.64. The van der Waals surface area contributed by atoms with Crippen molar-refractivity contribution in [3.05, 3.63) is 123 Å². The molecule has 0 radical (unpaired) electrons. The van der Waals surface area contributed by atoms with Crippen LogP contribution in [0.1, 0.15) is 72.8 Å². The minimum atomic E-state index is -0.755. The lowest BCUT2D eigenvalue weighted by Crippen LogP contribution is -2.50. The molecular formula is C45H49ClF2N4O9. The van der Waals surface area contributed by atoms with Gasteiger partial charge < -0.3 is 23.8 Å². The summed E-state index contributed by atoms with van der Waals surface area (Å²) < 4.78 is 50.6. The maximum absolute atomic E-state index is 15.2. The van der Waals surface area contributed by atoms with Gasteiger partial charge in [-0.25, -0.2) is 23.4 Å². The van der Waals surface area contributed by atoms with Gasteiger partial charge in [0.05, 0.1) is 31.3 Å². The molecule has 2 unspecified atom stereocenters. The van der Waals surface area contributed by atoms with E-state index < -0.39 is 28.8 Å². The molecule has 2 bridgehead atoms. The highest BCUT2D eigenvalue weighted by Gasteiger charge is 2.49. The molecule has 1 saturated carbocycles. The van der Waals surface area contributed by atoms with Crippen molar-refractivity contribution in [2.45, 2.75) is 89.6 Å². The number of rotatable bonds is 19. The third kappa shape index (κ3) is 10.7. The fourth-order valence-corrected chi connectivity index (χ4v) is 8.23. The second-order valence-electron chi connectivity index (χ2n) is 15.4. The number of halogens is 3. The molecule has 2 fully saturated rings. The molecule has 2 aliphatic heterocycles. The van der Waals surface area contributed by atoms with Gasteiger partial charge in [-0.1, -0.05) is 48.0 Å². The Morgan fingerprint density at radius 1 is 0.918 bits per heavy atom. The van der Waals surface area contributed by atoms with Crippen LogP contribution in [-0.4, -0.2) is 87.6 Å². The molecule has 324 valence electrons. The summed E-state index contributed by atoms with van der Waals surface area (Å²) in [5.74, 6) is -1.18. The van der Waals surface area contributed by atoms with E-state index in [0.29, 0.717) is 75.3 Å². The van der Waals surface area contributed by atoms with Gasteiger partial charge in [-0.2, -0.15) is 0 Å². The number of aromatic nitrogens is 1. The van der Waals surface area contributed by atoms with Gasteiger partial charge in [-0.05, 0) is 110 Å². The fraction of sp³-hybridized carbons (Fsp3) is 0.400. The third-order valence-electron chi connectivity index (χ3n) is 11.2. The molecule has 3 aromatic carbocycles. The van der Waals surface area contributed by atoms with Crippen LogP contribution in [0.15, 0.2) is 78.5 Å². The number of hydrogen-bond acceptors (Lipinski definition) is 11. The van der Waals surface area contributed by atoms with Gasteiger partial charge in [0, 0.05) is 56.1 Å². The summed E-state index contributed by atoms with van der Waals surface area (Å²) in [6.07, 6.45) is 6.32. The zero-order valence-corrected chi connectivity index (χ0v) is 34.8. The standard InChI is InChI=1S/C45H49ClF2N4O9/c1-28-32(19-20-49-43(28)59-23-5-21-57-2)26-50(33-13-14-33)44(53)40-36(31-11-9-29(10-12-31)7-4-22-58-42-38(48)17-16-37(47)41(42)46)25-34-15-18-39(40)51(34)45(54)61-35-8-3-6-30(24-35)27-60-52(55)56/h3,6,8-12,16-17,19-20,24,33-34,39,55-56H,4-5,7,13-15,18,21-23,25-27H2,1-2H3. The SMILES string of the molecule is COCCCOc1nccc(CN(C(=O)C2=C(c3ccc(CCCOc4c(F)ccc(F)c4Cl)cc3)CC3CCC2N3C(=O)Oc2cccc(CON(O)O)c2)C2CC2)c1C. The quantitative estimate of drug-likeness (QED) is 0.0531. The Labute approximate surface area is 357 Å². The summed E-state index contributed by atoms with van der Waals surface area (Å²) in [6.45, 7) is 3.24. The topological polar surface area (TPSA) is 143 Å². The minimum Gasteiger partial charge on any atom is -0.489 e. The third-order valence-corrected chi connectivity index (χ3v) is 11.6. The molecule has 4 aromatic rings. The van der Waals surface area contributed by atoms with Gasteiger partial charge in [-0.3, -0.25) is 20.1 Å². The second kappa shape index (κ2) is 20.1. The molecule has 3 aliphatic rings. The molecular weight excluding hydrogens is 814 g/mol. The Balaban J connectivity index is 1.15. The summed E-state index contributed by atoms with van der Waals surface area (Å²) in [6, 6.07) is 17.6. The van der Waals surface area contributed by atoms with Crippen LogP contribution in [-0.2, 0) is 33.9 Å². The van der Waals surface area contributed by atoms with Gasteiger partial charge in [-0.15, -0.1) is 0 Å². The molecule has 0 spiro atoms. The molecule has 61 heavy (non-hydrogen) atoms. The number of benzene rings is 3. The van der Waals surface area contributed by atoms with Gasteiger partial charge in [0.2, 0.25) is 5.88 Å². The van der Waals surface area contributed by atoms with Crippen LogP contribution in [0, 0.1) is 18.6 Å². The molecule has 1 aromatic heterocycles. The molecule has 1 aliphatic carbocycles. The lowest BCUT2D eigenvalue weighted by Gasteiger charge is -2.38. The van der Waals surface area contributed by atoms with Crippen LogP contribution >= 0.6 is 11.6 Å². The lowest BCUT2D eigenvalue weighted by atomic mass is 9.87. The molecule has 13 nitrogen and oxygen atoms in total. The van der Waals surface area contributed by atoms with Gasteiger partial charge in [0.1, 0.15) is 16.6 Å². The molecule has 2 N–H and O–H groups in total. The zero-order valence-electron chi connectivity index (χ0n) is 34.0. The van der Waals surface area contributed by atoms with Crippen molar-refractivity contribution in [2.75, 3.05) is 26.9 Å². The number of carbonyl (C=O) groups excluding carboxylic acids is 2. The Bertz CT molecular complexity index is 2220. The normalized spacial score (nSPS) is 17.2. The predicted molar refractivity (Wildman–Crippen MR) is 219 cm³/mol.